The molecule has 4 aliphatic carbocycles. The largest absolute Gasteiger partial charge is 0.462 e. The van der Waals surface area contributed by atoms with E-state index in [0.717, 1.165) is 48.3 Å². The van der Waals surface area contributed by atoms with Crippen LogP contribution in [0, 0.1) is 46.3 Å². The lowest BCUT2D eigenvalue weighted by molar-refractivity contribution is -0.151. The Hall–Kier alpha value is -0.310. The summed E-state index contributed by atoms with van der Waals surface area (Å²) in [6.07, 6.45) is 17.7. The number of fused-ring (bicyclic) bond motifs is 5. The molecule has 4 rings (SSSR count). The van der Waals surface area contributed by atoms with Crippen LogP contribution in [0.25, 0.3) is 0 Å². The van der Waals surface area contributed by atoms with Crippen molar-refractivity contribution in [3.63, 3.8) is 0 Å². The van der Waals surface area contributed by atoms with Crippen molar-refractivity contribution in [3.05, 3.63) is 11.6 Å². The fourth-order valence-corrected chi connectivity index (χ4v) is 9.40. The monoisotopic (exact) mass is 520 g/mol. The normalized spacial score (nSPS) is 41.1. The van der Waals surface area contributed by atoms with Gasteiger partial charge in [-0.1, -0.05) is 81.5 Å². The second kappa shape index (κ2) is 10.4. The molecule has 0 heterocycles. The Morgan fingerprint density at radius 2 is 1.88 bits per heavy atom. The highest BCUT2D eigenvalue weighted by atomic mass is 79.9. The van der Waals surface area contributed by atoms with Crippen LogP contribution >= 0.6 is 15.9 Å². The molecule has 0 aromatic carbocycles. The molecule has 188 valence electrons. The zero-order valence-electron chi connectivity index (χ0n) is 22.0. The molecule has 0 radical (unpaired) electrons. The molecule has 8 unspecified atom stereocenters. The van der Waals surface area contributed by atoms with Gasteiger partial charge in [-0.3, -0.25) is 4.79 Å². The van der Waals surface area contributed by atoms with Crippen LogP contribution in [-0.4, -0.2) is 17.4 Å². The number of halogens is 1. The van der Waals surface area contributed by atoms with Crippen LogP contribution in [0.2, 0.25) is 0 Å². The lowest BCUT2D eigenvalue weighted by atomic mass is 9.47. The summed E-state index contributed by atoms with van der Waals surface area (Å²) in [5, 5.41) is 0.695. The Bertz CT molecular complexity index is 729. The zero-order valence-corrected chi connectivity index (χ0v) is 23.6. The summed E-state index contributed by atoms with van der Waals surface area (Å²) in [5.74, 6) is 5.23. The molecule has 0 aliphatic heterocycles. The Morgan fingerprint density at radius 1 is 1.09 bits per heavy atom. The molecular weight excluding hydrogens is 472 g/mol. The van der Waals surface area contributed by atoms with Gasteiger partial charge in [-0.2, -0.15) is 0 Å². The average Bonchev–Trinajstić information content (AvgIpc) is 3.11. The number of allylic oxidation sites excluding steroid dienone is 1. The van der Waals surface area contributed by atoms with Gasteiger partial charge in [0, 0.05) is 11.8 Å². The number of hydrogen-bond donors (Lipinski definition) is 0. The average molecular weight is 522 g/mol. The van der Waals surface area contributed by atoms with Crippen molar-refractivity contribution in [1.29, 1.82) is 0 Å². The highest BCUT2D eigenvalue weighted by Crippen LogP contribution is 2.67. The van der Waals surface area contributed by atoms with Crippen LogP contribution in [0.3, 0.4) is 0 Å². The molecule has 0 amide bonds. The predicted octanol–water partition coefficient (Wildman–Crippen LogP) is 8.72. The maximum absolute atomic E-state index is 12.1. The van der Waals surface area contributed by atoms with Gasteiger partial charge in [0.05, 0.1) is 6.42 Å². The van der Waals surface area contributed by atoms with E-state index >= 15 is 0 Å². The number of carbonyl (C=O) groups excluding carboxylic acids is 1. The molecule has 4 aliphatic rings. The van der Waals surface area contributed by atoms with Gasteiger partial charge in [0.1, 0.15) is 6.10 Å². The second-order valence-electron chi connectivity index (χ2n) is 13.1. The molecule has 0 bridgehead atoms. The minimum absolute atomic E-state index is 0.0392. The van der Waals surface area contributed by atoms with Crippen molar-refractivity contribution in [3.8, 4) is 0 Å². The summed E-state index contributed by atoms with van der Waals surface area (Å²) >= 11 is 3.36. The molecule has 33 heavy (non-hydrogen) atoms. The van der Waals surface area contributed by atoms with E-state index in [2.05, 4.69) is 56.6 Å². The smallest absolute Gasteiger partial charge is 0.306 e. The molecule has 2 nitrogen and oxygen atoms in total. The van der Waals surface area contributed by atoms with Gasteiger partial charge in [-0.25, -0.2) is 0 Å². The van der Waals surface area contributed by atoms with E-state index < -0.39 is 0 Å². The minimum atomic E-state index is -0.0392. The number of ether oxygens (including phenoxy) is 1. The summed E-state index contributed by atoms with van der Waals surface area (Å²) in [5.41, 5.74) is 2.51. The van der Waals surface area contributed by atoms with Gasteiger partial charge in [-0.05, 0) is 91.3 Å². The molecular formula is C30H49BrO2. The molecule has 3 heteroatoms. The van der Waals surface area contributed by atoms with E-state index in [0.29, 0.717) is 22.6 Å². The molecule has 8 atom stereocenters. The van der Waals surface area contributed by atoms with E-state index in [9.17, 15) is 4.79 Å². The molecule has 3 saturated carbocycles. The molecule has 0 saturated heterocycles. The van der Waals surface area contributed by atoms with Crippen molar-refractivity contribution in [2.75, 3.05) is 5.33 Å². The summed E-state index contributed by atoms with van der Waals surface area (Å²) in [4.78, 5) is 12.1. The highest BCUT2D eigenvalue weighted by Gasteiger charge is 2.59. The van der Waals surface area contributed by atoms with Gasteiger partial charge in [0.25, 0.3) is 0 Å². The van der Waals surface area contributed by atoms with Crippen LogP contribution in [-0.2, 0) is 9.53 Å². The van der Waals surface area contributed by atoms with E-state index in [1.165, 1.54) is 57.8 Å². The highest BCUT2D eigenvalue weighted by molar-refractivity contribution is 9.09. The third-order valence-corrected chi connectivity index (χ3v) is 11.3. The van der Waals surface area contributed by atoms with Crippen LogP contribution in [0.15, 0.2) is 11.6 Å². The van der Waals surface area contributed by atoms with E-state index in [-0.39, 0.29) is 12.1 Å². The Morgan fingerprint density at radius 3 is 2.61 bits per heavy atom. The molecule has 0 aromatic heterocycles. The van der Waals surface area contributed by atoms with Gasteiger partial charge in [0.2, 0.25) is 0 Å². The SMILES string of the molecule is CC(C)CCCC(C)C1CCC2C3CC=C4CC(OC(=O)CCBr)CCC4(C)C3CCC12C. The number of alkyl halides is 1. The fraction of sp³-hybridized carbons (Fsp3) is 0.900. The Balaban J connectivity index is 1.43. The predicted molar refractivity (Wildman–Crippen MR) is 141 cm³/mol. The van der Waals surface area contributed by atoms with Crippen LogP contribution in [0.4, 0.5) is 0 Å². The molecule has 0 aromatic rings. The van der Waals surface area contributed by atoms with Crippen LogP contribution in [0.1, 0.15) is 112 Å². The van der Waals surface area contributed by atoms with Gasteiger partial charge < -0.3 is 4.74 Å². The first-order chi connectivity index (χ1) is 15.7. The fourth-order valence-electron chi connectivity index (χ4n) is 9.07. The molecule has 3 fully saturated rings. The summed E-state index contributed by atoms with van der Waals surface area (Å²) < 4.78 is 5.82. The maximum Gasteiger partial charge on any atom is 0.306 e. The van der Waals surface area contributed by atoms with Gasteiger partial charge in [0.15, 0.2) is 0 Å². The third kappa shape index (κ3) is 5.01. The number of rotatable bonds is 8. The topological polar surface area (TPSA) is 26.3 Å². The lowest BCUT2D eigenvalue weighted by Gasteiger charge is -2.58. The van der Waals surface area contributed by atoms with Crippen molar-refractivity contribution < 1.29 is 9.53 Å². The van der Waals surface area contributed by atoms with Gasteiger partial charge in [-0.15, -0.1) is 0 Å². The number of hydrogen-bond acceptors (Lipinski definition) is 2. The van der Waals surface area contributed by atoms with Crippen molar-refractivity contribution in [2.24, 2.45) is 46.3 Å². The Kier molecular flexibility index (Phi) is 8.09. The summed E-state index contributed by atoms with van der Waals surface area (Å²) in [6.45, 7) is 12.6. The minimum Gasteiger partial charge on any atom is -0.462 e. The van der Waals surface area contributed by atoms with Crippen LogP contribution in [0.5, 0.6) is 0 Å². The third-order valence-electron chi connectivity index (χ3n) is 10.9. The Labute approximate surface area is 212 Å². The van der Waals surface area contributed by atoms with Crippen molar-refractivity contribution in [2.45, 2.75) is 118 Å². The van der Waals surface area contributed by atoms with Crippen LogP contribution < -0.4 is 0 Å². The first-order valence-corrected chi connectivity index (χ1v) is 15.3. The first kappa shape index (κ1) is 25.8. The summed E-state index contributed by atoms with van der Waals surface area (Å²) in [7, 11) is 0. The van der Waals surface area contributed by atoms with Gasteiger partial charge >= 0.3 is 5.97 Å². The quantitative estimate of drug-likeness (QED) is 0.181. The van der Waals surface area contributed by atoms with E-state index in [1.807, 2.05) is 0 Å². The van der Waals surface area contributed by atoms with Crippen molar-refractivity contribution in [1.82, 2.24) is 0 Å². The lowest BCUT2D eigenvalue weighted by Crippen LogP contribution is -2.51. The molecule has 0 N–H and O–H groups in total. The van der Waals surface area contributed by atoms with Crippen molar-refractivity contribution >= 4 is 21.9 Å². The first-order valence-electron chi connectivity index (χ1n) is 14.1. The second-order valence-corrected chi connectivity index (χ2v) is 13.9. The van der Waals surface area contributed by atoms with E-state index in [1.54, 1.807) is 5.57 Å². The van der Waals surface area contributed by atoms with E-state index in [4.69, 9.17) is 4.74 Å². The molecule has 0 spiro atoms. The number of carbonyl (C=O) groups is 1. The maximum atomic E-state index is 12.1. The summed E-state index contributed by atoms with van der Waals surface area (Å²) in [6, 6.07) is 0. The standard InChI is InChI=1S/C30H49BrO2/c1-20(2)7-6-8-21(3)25-11-12-26-24-10-9-22-19-23(33-28(32)15-18-31)13-16-29(22,4)27(24)14-17-30(25,26)5/h9,20-21,23-27H,6-8,10-19H2,1-5H3. The zero-order chi connectivity index (χ0) is 23.8. The number of esters is 1.